The summed E-state index contributed by atoms with van der Waals surface area (Å²) in [5.41, 5.74) is 5.81. The predicted molar refractivity (Wildman–Crippen MR) is 91.9 cm³/mol. The Bertz CT molecular complexity index is 717. The van der Waals surface area contributed by atoms with E-state index >= 15 is 0 Å². The van der Waals surface area contributed by atoms with Crippen molar-refractivity contribution in [2.24, 2.45) is 10.7 Å². The van der Waals surface area contributed by atoms with E-state index in [1.54, 1.807) is 0 Å². The zero-order valence-electron chi connectivity index (χ0n) is 13.0. The van der Waals surface area contributed by atoms with Gasteiger partial charge >= 0.3 is 6.18 Å². The SMILES string of the molecule is Cc1cccc(OCCSC(N)=Nc2ccccc2C(F)(F)F)c1. The van der Waals surface area contributed by atoms with Crippen LogP contribution in [0.15, 0.2) is 53.5 Å². The quantitative estimate of drug-likeness (QED) is 0.478. The fourth-order valence-corrected chi connectivity index (χ4v) is 2.51. The minimum absolute atomic E-state index is 0.0690. The highest BCUT2D eigenvalue weighted by atomic mass is 32.2. The Morgan fingerprint density at radius 1 is 1.17 bits per heavy atom. The maximum absolute atomic E-state index is 12.9. The van der Waals surface area contributed by atoms with E-state index in [-0.39, 0.29) is 10.9 Å². The summed E-state index contributed by atoms with van der Waals surface area (Å²) in [6.07, 6.45) is -4.46. The van der Waals surface area contributed by atoms with Crippen LogP contribution in [0.3, 0.4) is 0 Å². The summed E-state index contributed by atoms with van der Waals surface area (Å²) >= 11 is 1.15. The Labute approximate surface area is 142 Å². The summed E-state index contributed by atoms with van der Waals surface area (Å²) in [5, 5.41) is 0.0690. The van der Waals surface area contributed by atoms with Gasteiger partial charge < -0.3 is 10.5 Å². The van der Waals surface area contributed by atoms with Crippen LogP contribution in [0.2, 0.25) is 0 Å². The first-order valence-corrected chi connectivity index (χ1v) is 8.17. The van der Waals surface area contributed by atoms with E-state index in [2.05, 4.69) is 4.99 Å². The maximum atomic E-state index is 12.9. The average molecular weight is 354 g/mol. The number of ether oxygens (including phenoxy) is 1. The van der Waals surface area contributed by atoms with Crippen LogP contribution >= 0.6 is 11.8 Å². The number of thioether (sulfide) groups is 1. The molecule has 0 radical (unpaired) electrons. The number of halogens is 3. The van der Waals surface area contributed by atoms with Crippen molar-refractivity contribution in [3.63, 3.8) is 0 Å². The highest BCUT2D eigenvalue weighted by Gasteiger charge is 2.33. The normalized spacial score (nSPS) is 12.2. The van der Waals surface area contributed by atoms with Crippen LogP contribution in [0.1, 0.15) is 11.1 Å². The first-order chi connectivity index (χ1) is 11.4. The number of amidine groups is 1. The highest BCUT2D eigenvalue weighted by Crippen LogP contribution is 2.36. The molecule has 3 nitrogen and oxygen atoms in total. The first-order valence-electron chi connectivity index (χ1n) is 7.19. The topological polar surface area (TPSA) is 47.6 Å². The number of alkyl halides is 3. The third kappa shape index (κ3) is 5.49. The third-order valence-electron chi connectivity index (χ3n) is 3.03. The second-order valence-corrected chi connectivity index (χ2v) is 6.09. The van der Waals surface area contributed by atoms with Crippen molar-refractivity contribution in [2.45, 2.75) is 13.1 Å². The van der Waals surface area contributed by atoms with Crippen LogP contribution in [-0.4, -0.2) is 17.5 Å². The zero-order chi connectivity index (χ0) is 17.6. The van der Waals surface area contributed by atoms with Gasteiger partial charge in [0.05, 0.1) is 17.9 Å². The molecule has 2 aromatic carbocycles. The summed E-state index contributed by atoms with van der Waals surface area (Å²) in [4.78, 5) is 3.87. The van der Waals surface area contributed by atoms with Crippen molar-refractivity contribution in [2.75, 3.05) is 12.4 Å². The van der Waals surface area contributed by atoms with Crippen LogP contribution in [0.5, 0.6) is 5.75 Å². The molecule has 0 aliphatic heterocycles. The number of benzene rings is 2. The lowest BCUT2D eigenvalue weighted by Crippen LogP contribution is -2.11. The Morgan fingerprint density at radius 2 is 1.92 bits per heavy atom. The lowest BCUT2D eigenvalue weighted by molar-refractivity contribution is -0.137. The number of para-hydroxylation sites is 1. The van der Waals surface area contributed by atoms with Crippen LogP contribution < -0.4 is 10.5 Å². The van der Waals surface area contributed by atoms with Gasteiger partial charge in [-0.05, 0) is 36.8 Å². The average Bonchev–Trinajstić information content (AvgIpc) is 2.51. The van der Waals surface area contributed by atoms with E-state index in [1.807, 2.05) is 31.2 Å². The van der Waals surface area contributed by atoms with Gasteiger partial charge in [-0.2, -0.15) is 13.2 Å². The van der Waals surface area contributed by atoms with Gasteiger partial charge in [-0.1, -0.05) is 36.0 Å². The lowest BCUT2D eigenvalue weighted by Gasteiger charge is -2.10. The van der Waals surface area contributed by atoms with Gasteiger partial charge in [-0.15, -0.1) is 0 Å². The van der Waals surface area contributed by atoms with Gasteiger partial charge in [-0.3, -0.25) is 0 Å². The number of aryl methyl sites for hydroxylation is 1. The second-order valence-electron chi connectivity index (χ2n) is 4.98. The van der Waals surface area contributed by atoms with E-state index in [9.17, 15) is 13.2 Å². The Morgan fingerprint density at radius 3 is 2.62 bits per heavy atom. The van der Waals surface area contributed by atoms with Crippen molar-refractivity contribution in [3.8, 4) is 5.75 Å². The Kier molecular flexibility index (Phi) is 6.14. The zero-order valence-corrected chi connectivity index (χ0v) is 13.8. The molecule has 128 valence electrons. The van der Waals surface area contributed by atoms with E-state index < -0.39 is 11.7 Å². The van der Waals surface area contributed by atoms with Gasteiger partial charge in [0.2, 0.25) is 0 Å². The van der Waals surface area contributed by atoms with Crippen molar-refractivity contribution in [1.82, 2.24) is 0 Å². The number of hydrogen-bond donors (Lipinski definition) is 1. The molecule has 0 spiro atoms. The molecule has 0 bridgehead atoms. The van der Waals surface area contributed by atoms with Crippen molar-refractivity contribution < 1.29 is 17.9 Å². The molecule has 0 heterocycles. The highest BCUT2D eigenvalue weighted by molar-refractivity contribution is 8.13. The number of rotatable bonds is 5. The predicted octanol–water partition coefficient (Wildman–Crippen LogP) is 4.77. The van der Waals surface area contributed by atoms with Gasteiger partial charge in [0.1, 0.15) is 5.75 Å². The molecule has 2 rings (SSSR count). The summed E-state index contributed by atoms with van der Waals surface area (Å²) in [6, 6.07) is 12.7. The van der Waals surface area contributed by atoms with Crippen molar-refractivity contribution in [1.29, 1.82) is 0 Å². The largest absolute Gasteiger partial charge is 0.493 e. The van der Waals surface area contributed by atoms with E-state index in [0.717, 1.165) is 29.1 Å². The van der Waals surface area contributed by atoms with E-state index in [1.165, 1.54) is 18.2 Å². The minimum Gasteiger partial charge on any atom is -0.493 e. The summed E-state index contributed by atoms with van der Waals surface area (Å²) in [7, 11) is 0. The fourth-order valence-electron chi connectivity index (χ4n) is 1.97. The molecular weight excluding hydrogens is 337 g/mol. The first kappa shape index (κ1) is 18.2. The monoisotopic (exact) mass is 354 g/mol. The van der Waals surface area contributed by atoms with Crippen molar-refractivity contribution in [3.05, 3.63) is 59.7 Å². The van der Waals surface area contributed by atoms with Crippen LogP contribution in [-0.2, 0) is 6.18 Å². The van der Waals surface area contributed by atoms with Crippen LogP contribution in [0.4, 0.5) is 18.9 Å². The number of hydrogen-bond acceptors (Lipinski definition) is 3. The van der Waals surface area contributed by atoms with Crippen molar-refractivity contribution >= 4 is 22.6 Å². The van der Waals surface area contributed by atoms with Crippen LogP contribution in [0.25, 0.3) is 0 Å². The third-order valence-corrected chi connectivity index (χ3v) is 3.79. The molecule has 7 heteroatoms. The molecule has 0 aliphatic rings. The molecule has 2 aromatic rings. The molecule has 24 heavy (non-hydrogen) atoms. The van der Waals surface area contributed by atoms with E-state index in [0.29, 0.717) is 12.4 Å². The smallest absolute Gasteiger partial charge is 0.418 e. The molecular formula is C17H17F3N2OS. The molecule has 0 saturated carbocycles. The molecule has 0 saturated heterocycles. The minimum atomic E-state index is -4.46. The molecule has 0 unspecified atom stereocenters. The second kappa shape index (κ2) is 8.10. The Balaban J connectivity index is 1.91. The van der Waals surface area contributed by atoms with Crippen LogP contribution in [0, 0.1) is 6.92 Å². The summed E-state index contributed by atoms with van der Waals surface area (Å²) < 4.78 is 44.2. The molecule has 2 N–H and O–H groups in total. The fraction of sp³-hybridized carbons (Fsp3) is 0.235. The number of aliphatic imine (C=N–C) groups is 1. The molecule has 0 atom stereocenters. The molecule has 0 aliphatic carbocycles. The molecule has 0 amide bonds. The maximum Gasteiger partial charge on any atom is 0.418 e. The standard InChI is InChI=1S/C17H17F3N2OS/c1-12-5-4-6-13(11-12)23-9-10-24-16(21)22-15-8-3-2-7-14(15)17(18,19)20/h2-8,11H,9-10H2,1H3,(H2,21,22). The van der Waals surface area contributed by atoms with Gasteiger partial charge in [0.15, 0.2) is 5.17 Å². The molecule has 0 fully saturated rings. The number of nitrogens with two attached hydrogens (primary N) is 1. The Hall–Kier alpha value is -2.15. The lowest BCUT2D eigenvalue weighted by atomic mass is 10.2. The van der Waals surface area contributed by atoms with Gasteiger partial charge in [-0.25, -0.2) is 4.99 Å². The number of nitrogens with zero attached hydrogens (tertiary/aromatic N) is 1. The summed E-state index contributed by atoms with van der Waals surface area (Å²) in [6.45, 7) is 2.34. The van der Waals surface area contributed by atoms with Gasteiger partial charge in [0, 0.05) is 5.75 Å². The summed E-state index contributed by atoms with van der Waals surface area (Å²) in [5.74, 6) is 1.23. The van der Waals surface area contributed by atoms with Gasteiger partial charge in [0.25, 0.3) is 0 Å². The van der Waals surface area contributed by atoms with E-state index in [4.69, 9.17) is 10.5 Å². The molecule has 0 aromatic heterocycles.